The molecule has 1 aromatic rings. The number of hydrogen-bond acceptors (Lipinski definition) is 3. The van der Waals surface area contributed by atoms with Gasteiger partial charge in [-0.15, -0.1) is 0 Å². The molecule has 21 heavy (non-hydrogen) atoms. The van der Waals surface area contributed by atoms with Gasteiger partial charge < -0.3 is 10.4 Å². The van der Waals surface area contributed by atoms with E-state index in [0.717, 1.165) is 19.4 Å². The molecule has 2 N–H and O–H groups in total. The third kappa shape index (κ3) is 3.63. The number of aliphatic hydroxyl groups excluding tert-OH is 1. The van der Waals surface area contributed by atoms with E-state index in [4.69, 9.17) is 0 Å². The average molecular weight is 288 g/mol. The van der Waals surface area contributed by atoms with E-state index in [0.29, 0.717) is 19.0 Å². The first-order valence-electron chi connectivity index (χ1n) is 7.87. The molecule has 4 unspecified atom stereocenters. The number of nitrogens with zero attached hydrogens (tertiary/aromatic N) is 1. The first-order chi connectivity index (χ1) is 10.1. The molecule has 4 nitrogen and oxygen atoms in total. The van der Waals surface area contributed by atoms with Gasteiger partial charge >= 0.3 is 0 Å². The van der Waals surface area contributed by atoms with Crippen molar-refractivity contribution in [1.82, 2.24) is 10.2 Å². The fourth-order valence-corrected chi connectivity index (χ4v) is 3.22. The highest BCUT2D eigenvalue weighted by atomic mass is 16.3. The Hall–Kier alpha value is -1.39. The molecule has 1 aliphatic carbocycles. The van der Waals surface area contributed by atoms with Gasteiger partial charge in [0, 0.05) is 31.6 Å². The molecule has 2 aliphatic rings. The molecule has 1 heterocycles. The summed E-state index contributed by atoms with van der Waals surface area (Å²) in [5.41, 5.74) is 1.25. The normalized spacial score (nSPS) is 32.1. The van der Waals surface area contributed by atoms with Gasteiger partial charge in [0.25, 0.3) is 0 Å². The summed E-state index contributed by atoms with van der Waals surface area (Å²) in [6.07, 6.45) is 1.48. The minimum absolute atomic E-state index is 0.184. The van der Waals surface area contributed by atoms with Crippen LogP contribution in [0.4, 0.5) is 0 Å². The number of nitrogens with one attached hydrogen (secondary N) is 1. The molecule has 0 aromatic heterocycles. The SMILES string of the molecule is CC1CC1C(=O)NCC1CC(O)CN1Cc1ccccc1. The van der Waals surface area contributed by atoms with Crippen LogP contribution < -0.4 is 5.32 Å². The van der Waals surface area contributed by atoms with Crippen LogP contribution in [0.1, 0.15) is 25.3 Å². The highest BCUT2D eigenvalue weighted by molar-refractivity contribution is 5.81. The molecule has 0 spiro atoms. The predicted octanol–water partition coefficient (Wildman–Crippen LogP) is 1.39. The Labute approximate surface area is 126 Å². The lowest BCUT2D eigenvalue weighted by Gasteiger charge is -2.24. The van der Waals surface area contributed by atoms with E-state index in [2.05, 4.69) is 29.3 Å². The molecule has 114 valence electrons. The number of aliphatic hydroxyl groups is 1. The first-order valence-corrected chi connectivity index (χ1v) is 7.87. The summed E-state index contributed by atoms with van der Waals surface area (Å²) in [6.45, 7) is 4.28. The molecule has 4 heteroatoms. The fourth-order valence-electron chi connectivity index (χ4n) is 3.22. The molecule has 1 aromatic carbocycles. The highest BCUT2D eigenvalue weighted by Gasteiger charge is 2.39. The van der Waals surface area contributed by atoms with E-state index in [1.54, 1.807) is 0 Å². The summed E-state index contributed by atoms with van der Waals surface area (Å²) in [4.78, 5) is 14.2. The largest absolute Gasteiger partial charge is 0.392 e. The standard InChI is InChI=1S/C17H24N2O2/c1-12-7-16(12)17(21)18-9-14-8-15(20)11-19(14)10-13-5-3-2-4-6-13/h2-6,12,14-16,20H,7-11H2,1H3,(H,18,21). The Balaban J connectivity index is 1.54. The zero-order valence-corrected chi connectivity index (χ0v) is 12.5. The molecule has 1 aliphatic heterocycles. The molecule has 2 fully saturated rings. The van der Waals surface area contributed by atoms with Crippen LogP contribution in [0.15, 0.2) is 30.3 Å². The topological polar surface area (TPSA) is 52.6 Å². The zero-order chi connectivity index (χ0) is 14.8. The molecule has 1 saturated heterocycles. The first kappa shape index (κ1) is 14.5. The van der Waals surface area contributed by atoms with Crippen molar-refractivity contribution in [2.45, 2.75) is 38.5 Å². The van der Waals surface area contributed by atoms with Gasteiger partial charge in [0.1, 0.15) is 0 Å². The van der Waals surface area contributed by atoms with E-state index in [9.17, 15) is 9.90 Å². The molecule has 1 saturated carbocycles. The van der Waals surface area contributed by atoms with E-state index in [1.165, 1.54) is 5.56 Å². The Morgan fingerprint density at radius 1 is 1.33 bits per heavy atom. The van der Waals surface area contributed by atoms with E-state index >= 15 is 0 Å². The Bertz CT molecular complexity index is 491. The summed E-state index contributed by atoms with van der Waals surface area (Å²) in [7, 11) is 0. The lowest BCUT2D eigenvalue weighted by molar-refractivity contribution is -0.122. The predicted molar refractivity (Wildman–Crippen MR) is 81.5 cm³/mol. The van der Waals surface area contributed by atoms with Gasteiger partial charge in [-0.2, -0.15) is 0 Å². The number of amides is 1. The smallest absolute Gasteiger partial charge is 0.223 e. The number of carbonyl (C=O) groups excluding carboxylic acids is 1. The number of hydrogen-bond donors (Lipinski definition) is 2. The van der Waals surface area contributed by atoms with Crippen molar-refractivity contribution in [3.63, 3.8) is 0 Å². The molecular formula is C17H24N2O2. The highest BCUT2D eigenvalue weighted by Crippen LogP contribution is 2.37. The summed E-state index contributed by atoms with van der Waals surface area (Å²) in [6, 6.07) is 10.5. The zero-order valence-electron chi connectivity index (χ0n) is 12.5. The second kappa shape index (κ2) is 6.16. The average Bonchev–Trinajstić information content (AvgIpc) is 3.10. The molecule has 3 rings (SSSR count). The maximum absolute atomic E-state index is 11.9. The van der Waals surface area contributed by atoms with Gasteiger partial charge in [0.2, 0.25) is 5.91 Å². The van der Waals surface area contributed by atoms with Crippen molar-refractivity contribution >= 4 is 5.91 Å². The van der Waals surface area contributed by atoms with Crippen LogP contribution in [-0.2, 0) is 11.3 Å². The number of rotatable bonds is 5. The third-order valence-corrected chi connectivity index (χ3v) is 4.69. The van der Waals surface area contributed by atoms with Gasteiger partial charge in [0.15, 0.2) is 0 Å². The van der Waals surface area contributed by atoms with Crippen molar-refractivity contribution in [2.75, 3.05) is 13.1 Å². The van der Waals surface area contributed by atoms with Crippen LogP contribution >= 0.6 is 0 Å². The van der Waals surface area contributed by atoms with Gasteiger partial charge in [-0.3, -0.25) is 9.69 Å². The molecule has 1 amide bonds. The monoisotopic (exact) mass is 288 g/mol. The summed E-state index contributed by atoms with van der Waals surface area (Å²) in [5.74, 6) is 0.946. The van der Waals surface area contributed by atoms with Crippen molar-refractivity contribution in [3.8, 4) is 0 Å². The summed E-state index contributed by atoms with van der Waals surface area (Å²) in [5, 5.41) is 13.0. The van der Waals surface area contributed by atoms with Gasteiger partial charge in [-0.25, -0.2) is 0 Å². The van der Waals surface area contributed by atoms with Crippen LogP contribution in [0.2, 0.25) is 0 Å². The Kier molecular flexibility index (Phi) is 4.27. The van der Waals surface area contributed by atoms with Crippen LogP contribution in [0.3, 0.4) is 0 Å². The summed E-state index contributed by atoms with van der Waals surface area (Å²) < 4.78 is 0. The number of likely N-dealkylation sites (tertiary alicyclic amines) is 1. The lowest BCUT2D eigenvalue weighted by Crippen LogP contribution is -2.40. The van der Waals surface area contributed by atoms with Crippen LogP contribution in [-0.4, -0.2) is 41.1 Å². The van der Waals surface area contributed by atoms with Gasteiger partial charge in [0.05, 0.1) is 6.10 Å². The van der Waals surface area contributed by atoms with Crippen LogP contribution in [0.25, 0.3) is 0 Å². The maximum atomic E-state index is 11.9. The minimum Gasteiger partial charge on any atom is -0.392 e. The van der Waals surface area contributed by atoms with Crippen molar-refractivity contribution in [3.05, 3.63) is 35.9 Å². The summed E-state index contributed by atoms with van der Waals surface area (Å²) >= 11 is 0. The van der Waals surface area contributed by atoms with Crippen molar-refractivity contribution < 1.29 is 9.90 Å². The second-order valence-corrected chi connectivity index (χ2v) is 6.52. The van der Waals surface area contributed by atoms with Gasteiger partial charge in [-0.1, -0.05) is 37.3 Å². The number of benzene rings is 1. The van der Waals surface area contributed by atoms with Crippen LogP contribution in [0.5, 0.6) is 0 Å². The van der Waals surface area contributed by atoms with Crippen LogP contribution in [0, 0.1) is 11.8 Å². The molecule has 0 bridgehead atoms. The Morgan fingerprint density at radius 3 is 2.71 bits per heavy atom. The van der Waals surface area contributed by atoms with Gasteiger partial charge in [-0.05, 0) is 24.3 Å². The number of carbonyl (C=O) groups is 1. The minimum atomic E-state index is -0.282. The van der Waals surface area contributed by atoms with E-state index in [-0.39, 0.29) is 24.0 Å². The molecular weight excluding hydrogens is 264 g/mol. The third-order valence-electron chi connectivity index (χ3n) is 4.69. The van der Waals surface area contributed by atoms with E-state index in [1.807, 2.05) is 18.2 Å². The second-order valence-electron chi connectivity index (χ2n) is 6.52. The quantitative estimate of drug-likeness (QED) is 0.861. The van der Waals surface area contributed by atoms with E-state index < -0.39 is 0 Å². The van der Waals surface area contributed by atoms with Crippen molar-refractivity contribution in [1.29, 1.82) is 0 Å². The lowest BCUT2D eigenvalue weighted by atomic mass is 10.1. The van der Waals surface area contributed by atoms with Crippen molar-refractivity contribution in [2.24, 2.45) is 11.8 Å². The maximum Gasteiger partial charge on any atom is 0.223 e. The fraction of sp³-hybridized carbons (Fsp3) is 0.588. The Morgan fingerprint density at radius 2 is 2.05 bits per heavy atom. The molecule has 0 radical (unpaired) electrons. The number of β-amino-alcohol motifs (C(OH)–C–C–N with tert-alkyl or cyclic N) is 1. The molecule has 4 atom stereocenters.